The molecule has 0 amide bonds. The van der Waals surface area contributed by atoms with E-state index in [-0.39, 0.29) is 5.56 Å². The van der Waals surface area contributed by atoms with Gasteiger partial charge in [0.15, 0.2) is 5.65 Å². The molecule has 3 aromatic rings. The van der Waals surface area contributed by atoms with Crippen molar-refractivity contribution < 1.29 is 9.47 Å². The topological polar surface area (TPSA) is 68.6 Å². The summed E-state index contributed by atoms with van der Waals surface area (Å²) in [6.07, 6.45) is 0.650. The van der Waals surface area contributed by atoms with Gasteiger partial charge in [-0.15, -0.1) is 0 Å². The van der Waals surface area contributed by atoms with E-state index < -0.39 is 0 Å². The Bertz CT molecular complexity index is 923. The summed E-state index contributed by atoms with van der Waals surface area (Å²) in [7, 11) is 3.26. The van der Waals surface area contributed by atoms with Crippen LogP contribution in [-0.4, -0.2) is 28.8 Å². The third-order valence-corrected chi connectivity index (χ3v) is 4.18. The number of aryl methyl sites for hydroxylation is 1. The molecule has 0 saturated carbocycles. The summed E-state index contributed by atoms with van der Waals surface area (Å²) >= 11 is 0. The highest BCUT2D eigenvalue weighted by atomic mass is 16.5. The second-order valence-corrected chi connectivity index (χ2v) is 5.62. The van der Waals surface area contributed by atoms with Gasteiger partial charge in [0.2, 0.25) is 0 Å². The highest BCUT2D eigenvalue weighted by molar-refractivity contribution is 5.80. The van der Waals surface area contributed by atoms with Crippen molar-refractivity contribution in [1.29, 1.82) is 0 Å². The zero-order chi connectivity index (χ0) is 17.3. The molecule has 0 unspecified atom stereocenters. The lowest BCUT2D eigenvalue weighted by atomic mass is 10.1. The van der Waals surface area contributed by atoms with Crippen molar-refractivity contribution in [2.75, 3.05) is 14.2 Å². The summed E-state index contributed by atoms with van der Waals surface area (Å²) in [5.41, 5.74) is 4.70. The van der Waals surface area contributed by atoms with Crippen LogP contribution in [-0.2, 0) is 17.8 Å². The fourth-order valence-electron chi connectivity index (χ4n) is 2.98. The van der Waals surface area contributed by atoms with E-state index in [9.17, 15) is 4.79 Å². The fourth-order valence-corrected chi connectivity index (χ4v) is 2.98. The van der Waals surface area contributed by atoms with E-state index in [1.165, 1.54) is 4.52 Å². The summed E-state index contributed by atoms with van der Waals surface area (Å²) in [6.45, 7) is 4.20. The predicted octanol–water partition coefficient (Wildman–Crippen LogP) is 2.72. The molecule has 126 valence electrons. The van der Waals surface area contributed by atoms with Gasteiger partial charge < -0.3 is 9.47 Å². The molecule has 0 aliphatic carbocycles. The quantitative estimate of drug-likeness (QED) is 0.782. The molecule has 0 aliphatic rings. The van der Waals surface area contributed by atoms with Crippen LogP contribution in [0.4, 0.5) is 0 Å². The first kappa shape index (κ1) is 16.3. The summed E-state index contributed by atoms with van der Waals surface area (Å²) < 4.78 is 12.0. The Kier molecular flexibility index (Phi) is 4.40. The van der Waals surface area contributed by atoms with Crippen LogP contribution >= 0.6 is 0 Å². The Morgan fingerprint density at radius 3 is 2.50 bits per heavy atom. The summed E-state index contributed by atoms with van der Waals surface area (Å²) in [5.74, 6) is 0.779. The number of benzene rings is 1. The maximum Gasteiger partial charge on any atom is 0.276 e. The number of aromatic nitrogens is 3. The van der Waals surface area contributed by atoms with Crippen LogP contribution in [0.15, 0.2) is 29.1 Å². The zero-order valence-electron chi connectivity index (χ0n) is 14.3. The molecule has 6 nitrogen and oxygen atoms in total. The van der Waals surface area contributed by atoms with E-state index >= 15 is 0 Å². The van der Waals surface area contributed by atoms with Gasteiger partial charge in [-0.25, -0.2) is 9.50 Å². The number of H-pyrrole nitrogens is 1. The maximum absolute atomic E-state index is 12.7. The number of methoxy groups -OCH3 is 2. The summed E-state index contributed by atoms with van der Waals surface area (Å²) in [6, 6.07) is 7.69. The molecule has 1 aromatic carbocycles. The Labute approximate surface area is 140 Å². The highest BCUT2D eigenvalue weighted by Gasteiger charge is 2.18. The van der Waals surface area contributed by atoms with Crippen LogP contribution in [0.2, 0.25) is 0 Å². The first-order valence-corrected chi connectivity index (χ1v) is 7.87. The second kappa shape index (κ2) is 6.49. The van der Waals surface area contributed by atoms with Crippen LogP contribution in [0.1, 0.15) is 23.9 Å². The van der Waals surface area contributed by atoms with Gasteiger partial charge in [-0.2, -0.15) is 0 Å². The van der Waals surface area contributed by atoms with E-state index in [0.717, 1.165) is 33.8 Å². The molecule has 0 radical (unpaired) electrons. The Balaban J connectivity index is 2.31. The lowest BCUT2D eigenvalue weighted by molar-refractivity contribution is 0.181. The molecule has 0 aliphatic heterocycles. The van der Waals surface area contributed by atoms with Crippen LogP contribution in [0.3, 0.4) is 0 Å². The van der Waals surface area contributed by atoms with Crippen molar-refractivity contribution in [1.82, 2.24) is 14.6 Å². The van der Waals surface area contributed by atoms with Crippen LogP contribution in [0.5, 0.6) is 5.75 Å². The lowest BCUT2D eigenvalue weighted by Gasteiger charge is -2.06. The van der Waals surface area contributed by atoms with Gasteiger partial charge in [0.25, 0.3) is 5.56 Å². The number of hydrogen-bond acceptors (Lipinski definition) is 4. The number of nitrogens with zero attached hydrogens (tertiary/aromatic N) is 2. The largest absolute Gasteiger partial charge is 0.497 e. The average Bonchev–Trinajstić information content (AvgIpc) is 2.94. The van der Waals surface area contributed by atoms with Gasteiger partial charge in [0.1, 0.15) is 5.75 Å². The normalized spacial score (nSPS) is 11.2. The molecule has 2 aromatic heterocycles. The molecular formula is C18H21N3O3. The summed E-state index contributed by atoms with van der Waals surface area (Å²) in [5, 5.41) is 3.15. The number of rotatable bonds is 5. The standard InChI is InChI=1S/C18H21N3O3/c1-5-14-11(2)19-17-16(12-6-8-13(24-4)9-7-12)15(10-23-3)20-21(17)18(14)22/h6-9,20H,5,10H2,1-4H3. The molecule has 2 heterocycles. The maximum atomic E-state index is 12.7. The lowest BCUT2D eigenvalue weighted by Crippen LogP contribution is -2.21. The molecule has 3 rings (SSSR count). The second-order valence-electron chi connectivity index (χ2n) is 5.62. The summed E-state index contributed by atoms with van der Waals surface area (Å²) in [4.78, 5) is 17.4. The Hall–Kier alpha value is -2.60. The monoisotopic (exact) mass is 327 g/mol. The SMILES string of the molecule is CCc1c(C)nc2c(-c3ccc(OC)cc3)c(COC)[nH]n2c1=O. The van der Waals surface area contributed by atoms with Crippen molar-refractivity contribution in [3.05, 3.63) is 51.6 Å². The predicted molar refractivity (Wildman–Crippen MR) is 92.6 cm³/mol. The minimum atomic E-state index is -0.0582. The molecule has 0 saturated heterocycles. The van der Waals surface area contributed by atoms with E-state index in [1.807, 2.05) is 38.1 Å². The molecule has 0 bridgehead atoms. The average molecular weight is 327 g/mol. The van der Waals surface area contributed by atoms with E-state index in [4.69, 9.17) is 9.47 Å². The number of ether oxygens (including phenoxy) is 2. The van der Waals surface area contributed by atoms with Crippen molar-refractivity contribution in [2.45, 2.75) is 26.9 Å². The van der Waals surface area contributed by atoms with Gasteiger partial charge in [-0.1, -0.05) is 19.1 Å². The Morgan fingerprint density at radius 1 is 1.21 bits per heavy atom. The first-order chi connectivity index (χ1) is 11.6. The molecule has 0 spiro atoms. The number of hydrogen-bond donors (Lipinski definition) is 1. The first-order valence-electron chi connectivity index (χ1n) is 7.87. The van der Waals surface area contributed by atoms with Gasteiger partial charge in [-0.3, -0.25) is 9.89 Å². The smallest absolute Gasteiger partial charge is 0.276 e. The van der Waals surface area contributed by atoms with Crippen LogP contribution < -0.4 is 10.3 Å². The molecular weight excluding hydrogens is 306 g/mol. The van der Waals surface area contributed by atoms with Crippen molar-refractivity contribution in [3.63, 3.8) is 0 Å². The number of aromatic amines is 1. The molecule has 0 atom stereocenters. The highest BCUT2D eigenvalue weighted by Crippen LogP contribution is 2.29. The third-order valence-electron chi connectivity index (χ3n) is 4.18. The molecule has 1 N–H and O–H groups in total. The van der Waals surface area contributed by atoms with E-state index in [0.29, 0.717) is 18.7 Å². The van der Waals surface area contributed by atoms with Crippen LogP contribution in [0.25, 0.3) is 16.8 Å². The van der Waals surface area contributed by atoms with Gasteiger partial charge >= 0.3 is 0 Å². The molecule has 0 fully saturated rings. The third kappa shape index (κ3) is 2.59. The Morgan fingerprint density at radius 2 is 1.92 bits per heavy atom. The fraction of sp³-hybridized carbons (Fsp3) is 0.333. The number of fused-ring (bicyclic) bond motifs is 1. The van der Waals surface area contributed by atoms with Crippen molar-refractivity contribution >= 4 is 5.65 Å². The van der Waals surface area contributed by atoms with Gasteiger partial charge in [0, 0.05) is 23.9 Å². The zero-order valence-corrected chi connectivity index (χ0v) is 14.3. The number of nitrogens with one attached hydrogen (secondary N) is 1. The van der Waals surface area contributed by atoms with E-state index in [1.54, 1.807) is 14.2 Å². The van der Waals surface area contributed by atoms with Crippen molar-refractivity contribution in [2.24, 2.45) is 0 Å². The minimum Gasteiger partial charge on any atom is -0.497 e. The van der Waals surface area contributed by atoms with Gasteiger partial charge in [0.05, 0.1) is 19.4 Å². The minimum absolute atomic E-state index is 0.0582. The van der Waals surface area contributed by atoms with Crippen LogP contribution in [0, 0.1) is 6.92 Å². The molecule has 24 heavy (non-hydrogen) atoms. The van der Waals surface area contributed by atoms with Crippen molar-refractivity contribution in [3.8, 4) is 16.9 Å². The molecule has 6 heteroatoms. The van der Waals surface area contributed by atoms with E-state index in [2.05, 4.69) is 10.1 Å². The van der Waals surface area contributed by atoms with Gasteiger partial charge in [-0.05, 0) is 31.0 Å².